The molecule has 0 bridgehead atoms. The van der Waals surface area contributed by atoms with E-state index in [4.69, 9.17) is 20.9 Å². The third-order valence-corrected chi connectivity index (χ3v) is 4.27. The molecule has 0 spiro atoms. The highest BCUT2D eigenvalue weighted by Gasteiger charge is 2.16. The van der Waals surface area contributed by atoms with E-state index in [1.165, 1.54) is 13.2 Å². The fourth-order valence-electron chi connectivity index (χ4n) is 2.95. The predicted octanol–water partition coefficient (Wildman–Crippen LogP) is 2.61. The Bertz CT molecular complexity index is 1040. The van der Waals surface area contributed by atoms with Crippen molar-refractivity contribution in [3.05, 3.63) is 59.3 Å². The molecule has 8 nitrogen and oxygen atoms in total. The molecule has 0 aliphatic rings. The van der Waals surface area contributed by atoms with E-state index >= 15 is 0 Å². The van der Waals surface area contributed by atoms with Crippen molar-refractivity contribution in [3.8, 4) is 22.6 Å². The highest BCUT2D eigenvalue weighted by Crippen LogP contribution is 2.40. The van der Waals surface area contributed by atoms with E-state index in [-0.39, 0.29) is 11.5 Å². The minimum atomic E-state index is -1.00. The fraction of sp³-hybridized carbons (Fsp3) is 0.150. The van der Waals surface area contributed by atoms with Crippen molar-refractivity contribution >= 4 is 17.7 Å². The normalized spacial score (nSPS) is 10.5. The van der Waals surface area contributed by atoms with Gasteiger partial charge in [0.05, 0.1) is 19.8 Å². The Hall–Kier alpha value is -3.81. The van der Waals surface area contributed by atoms with Crippen molar-refractivity contribution in [1.29, 1.82) is 0 Å². The van der Waals surface area contributed by atoms with E-state index in [0.29, 0.717) is 40.4 Å². The van der Waals surface area contributed by atoms with Crippen LogP contribution in [0, 0.1) is 0 Å². The van der Waals surface area contributed by atoms with E-state index in [1.54, 1.807) is 25.4 Å². The molecule has 5 N–H and O–H groups in total. The Labute approximate surface area is 161 Å². The molecular weight excluding hydrogens is 360 g/mol. The number of nitrogens with zero attached hydrogens (tertiary/aromatic N) is 2. The Kier molecular flexibility index (Phi) is 5.30. The lowest BCUT2D eigenvalue weighted by Crippen LogP contribution is -2.04. The van der Waals surface area contributed by atoms with Gasteiger partial charge in [-0.25, -0.2) is 9.78 Å². The highest BCUT2D eigenvalue weighted by molar-refractivity contribution is 5.90. The molecule has 0 saturated heterocycles. The van der Waals surface area contributed by atoms with E-state index in [9.17, 15) is 9.90 Å². The zero-order valence-corrected chi connectivity index (χ0v) is 15.5. The molecule has 0 fully saturated rings. The maximum absolute atomic E-state index is 11.3. The predicted molar refractivity (Wildman–Crippen MR) is 106 cm³/mol. The van der Waals surface area contributed by atoms with Gasteiger partial charge in [0.2, 0.25) is 5.95 Å². The molecule has 144 valence electrons. The van der Waals surface area contributed by atoms with Crippen LogP contribution in [0.2, 0.25) is 0 Å². The number of benzene rings is 2. The van der Waals surface area contributed by atoms with Gasteiger partial charge in [-0.3, -0.25) is 0 Å². The lowest BCUT2D eigenvalue weighted by Gasteiger charge is -2.16. The number of rotatable bonds is 6. The minimum Gasteiger partial charge on any atom is -0.493 e. The van der Waals surface area contributed by atoms with E-state index in [1.807, 2.05) is 18.2 Å². The van der Waals surface area contributed by atoms with Gasteiger partial charge >= 0.3 is 5.97 Å². The van der Waals surface area contributed by atoms with Gasteiger partial charge in [0.1, 0.15) is 5.82 Å². The zero-order valence-electron chi connectivity index (χ0n) is 15.5. The Balaban J connectivity index is 2.12. The minimum absolute atomic E-state index is 0.111. The number of carbonyl (C=O) groups is 1. The van der Waals surface area contributed by atoms with Crippen LogP contribution in [0.1, 0.15) is 21.5 Å². The molecule has 1 aromatic heterocycles. The van der Waals surface area contributed by atoms with Gasteiger partial charge in [-0.1, -0.05) is 12.1 Å². The fourth-order valence-corrected chi connectivity index (χ4v) is 2.95. The average molecular weight is 380 g/mol. The molecule has 28 heavy (non-hydrogen) atoms. The summed E-state index contributed by atoms with van der Waals surface area (Å²) in [5.41, 5.74) is 14.7. The third kappa shape index (κ3) is 3.80. The summed E-state index contributed by atoms with van der Waals surface area (Å²) in [6.45, 7) is 0. The molecule has 8 heteroatoms. The summed E-state index contributed by atoms with van der Waals surface area (Å²) in [5, 5.41) is 9.29. The van der Waals surface area contributed by atoms with Crippen LogP contribution in [0.25, 0.3) is 11.1 Å². The van der Waals surface area contributed by atoms with Crippen LogP contribution in [-0.2, 0) is 6.42 Å². The van der Waals surface area contributed by atoms with Crippen molar-refractivity contribution in [3.63, 3.8) is 0 Å². The molecule has 0 aliphatic carbocycles. The van der Waals surface area contributed by atoms with Crippen LogP contribution >= 0.6 is 0 Å². The maximum Gasteiger partial charge on any atom is 0.335 e. The summed E-state index contributed by atoms with van der Waals surface area (Å²) >= 11 is 0. The number of nitrogens with two attached hydrogens (primary N) is 2. The van der Waals surface area contributed by atoms with Crippen molar-refractivity contribution < 1.29 is 19.4 Å². The van der Waals surface area contributed by atoms with Gasteiger partial charge in [-0.15, -0.1) is 0 Å². The van der Waals surface area contributed by atoms with Crippen LogP contribution < -0.4 is 20.9 Å². The number of carboxylic acids is 1. The average Bonchev–Trinajstić information content (AvgIpc) is 2.69. The van der Waals surface area contributed by atoms with E-state index in [2.05, 4.69) is 9.97 Å². The summed E-state index contributed by atoms with van der Waals surface area (Å²) in [6, 6.07) is 10.4. The van der Waals surface area contributed by atoms with Gasteiger partial charge in [0.15, 0.2) is 11.5 Å². The van der Waals surface area contributed by atoms with Crippen LogP contribution in [-0.4, -0.2) is 35.3 Å². The smallest absolute Gasteiger partial charge is 0.335 e. The molecule has 2 aromatic carbocycles. The molecule has 1 heterocycles. The molecule has 0 aliphatic heterocycles. The summed E-state index contributed by atoms with van der Waals surface area (Å²) in [7, 11) is 3.08. The first kappa shape index (κ1) is 19.0. The Morgan fingerprint density at radius 1 is 1.14 bits per heavy atom. The highest BCUT2D eigenvalue weighted by atomic mass is 16.5. The number of anilines is 2. The summed E-state index contributed by atoms with van der Waals surface area (Å²) < 4.78 is 11.0. The van der Waals surface area contributed by atoms with Gasteiger partial charge < -0.3 is 26.0 Å². The summed E-state index contributed by atoms with van der Waals surface area (Å²) in [4.78, 5) is 19.3. The molecule has 0 amide bonds. The first-order valence-corrected chi connectivity index (χ1v) is 8.38. The number of carboxylic acid groups (broad SMARTS) is 1. The van der Waals surface area contributed by atoms with Gasteiger partial charge in [0.25, 0.3) is 0 Å². The monoisotopic (exact) mass is 380 g/mol. The molecule has 3 rings (SSSR count). The van der Waals surface area contributed by atoms with Crippen molar-refractivity contribution in [2.45, 2.75) is 6.42 Å². The SMILES string of the molecule is COc1cc(Cc2cnc(N)nc2N)cc(-c2cccc(C(=O)O)c2)c1OC. The maximum atomic E-state index is 11.3. The van der Waals surface area contributed by atoms with E-state index in [0.717, 1.165) is 5.56 Å². The number of nitrogen functional groups attached to an aromatic ring is 2. The molecule has 0 saturated carbocycles. The number of methoxy groups -OCH3 is 2. The first-order chi connectivity index (χ1) is 13.4. The summed E-state index contributed by atoms with van der Waals surface area (Å²) in [5.74, 6) is 0.438. The Morgan fingerprint density at radius 2 is 1.93 bits per heavy atom. The number of aromatic nitrogens is 2. The second-order valence-electron chi connectivity index (χ2n) is 6.08. The first-order valence-electron chi connectivity index (χ1n) is 8.38. The van der Waals surface area contributed by atoms with Crippen molar-refractivity contribution in [1.82, 2.24) is 9.97 Å². The Morgan fingerprint density at radius 3 is 2.57 bits per heavy atom. The number of aromatic carboxylic acids is 1. The third-order valence-electron chi connectivity index (χ3n) is 4.27. The second kappa shape index (κ2) is 7.83. The molecule has 3 aromatic rings. The second-order valence-corrected chi connectivity index (χ2v) is 6.08. The largest absolute Gasteiger partial charge is 0.493 e. The van der Waals surface area contributed by atoms with Crippen LogP contribution in [0.15, 0.2) is 42.6 Å². The standard InChI is InChI=1S/C20H20N4O4/c1-27-16-8-11(6-14-10-23-20(22)24-18(14)21)7-15(17(16)28-2)12-4-3-5-13(9-12)19(25)26/h3-5,7-10H,6H2,1-2H3,(H,25,26)(H4,21,22,23,24). The molecular formula is C20H20N4O4. The van der Waals surface area contributed by atoms with Crippen LogP contribution in [0.4, 0.5) is 11.8 Å². The van der Waals surface area contributed by atoms with Gasteiger partial charge in [-0.05, 0) is 35.4 Å². The van der Waals surface area contributed by atoms with Crippen molar-refractivity contribution in [2.24, 2.45) is 0 Å². The molecule has 0 unspecified atom stereocenters. The van der Waals surface area contributed by atoms with Gasteiger partial charge in [-0.2, -0.15) is 4.98 Å². The number of ether oxygens (including phenoxy) is 2. The van der Waals surface area contributed by atoms with Crippen molar-refractivity contribution in [2.75, 3.05) is 25.7 Å². The van der Waals surface area contributed by atoms with Gasteiger partial charge in [0, 0.05) is 23.7 Å². The number of hydrogen-bond donors (Lipinski definition) is 3. The lowest BCUT2D eigenvalue weighted by molar-refractivity contribution is 0.0697. The van der Waals surface area contributed by atoms with Crippen LogP contribution in [0.3, 0.4) is 0 Å². The molecule has 0 atom stereocenters. The zero-order chi connectivity index (χ0) is 20.3. The lowest BCUT2D eigenvalue weighted by atomic mass is 9.97. The van der Waals surface area contributed by atoms with E-state index < -0.39 is 5.97 Å². The topological polar surface area (TPSA) is 134 Å². The quantitative estimate of drug-likeness (QED) is 0.594. The number of hydrogen-bond acceptors (Lipinski definition) is 7. The molecule has 0 radical (unpaired) electrons. The summed E-state index contributed by atoms with van der Waals surface area (Å²) in [6.07, 6.45) is 2.02. The van der Waals surface area contributed by atoms with Crippen LogP contribution in [0.5, 0.6) is 11.5 Å².